The van der Waals surface area contributed by atoms with E-state index >= 15 is 0 Å². The number of aromatic nitrogens is 1. The Morgan fingerprint density at radius 3 is 2.83 bits per heavy atom. The molecule has 2 rings (SSSR count). The zero-order valence-corrected chi connectivity index (χ0v) is 12.8. The zero-order valence-electron chi connectivity index (χ0n) is 11.1. The van der Waals surface area contributed by atoms with Crippen molar-refractivity contribution in [1.82, 2.24) is 10.3 Å². The first kappa shape index (κ1) is 13.8. The Morgan fingerprint density at radius 1 is 1.33 bits per heavy atom. The van der Waals surface area contributed by atoms with Gasteiger partial charge in [-0.3, -0.25) is 0 Å². The molecule has 1 N–H and O–H groups in total. The van der Waals surface area contributed by atoms with Crippen LogP contribution in [0.1, 0.15) is 27.2 Å². The molecule has 18 heavy (non-hydrogen) atoms. The van der Waals surface area contributed by atoms with Crippen LogP contribution in [0.2, 0.25) is 0 Å². The van der Waals surface area contributed by atoms with Crippen molar-refractivity contribution < 1.29 is 0 Å². The van der Waals surface area contributed by atoms with Gasteiger partial charge in [0.15, 0.2) is 4.34 Å². The molecule has 0 aliphatic rings. The molecule has 0 aliphatic heterocycles. The van der Waals surface area contributed by atoms with Crippen LogP contribution in [-0.4, -0.2) is 22.8 Å². The lowest BCUT2D eigenvalue weighted by molar-refractivity contribution is 0.542. The van der Waals surface area contributed by atoms with Crippen LogP contribution >= 0.6 is 23.1 Å². The van der Waals surface area contributed by atoms with Crippen molar-refractivity contribution in [2.24, 2.45) is 0 Å². The minimum Gasteiger partial charge on any atom is -0.313 e. The molecule has 98 valence electrons. The van der Waals surface area contributed by atoms with E-state index in [1.165, 1.54) is 15.5 Å². The van der Waals surface area contributed by atoms with Crippen LogP contribution in [-0.2, 0) is 0 Å². The van der Waals surface area contributed by atoms with E-state index in [1.54, 1.807) is 11.3 Å². The van der Waals surface area contributed by atoms with Gasteiger partial charge in [-0.2, -0.15) is 0 Å². The largest absolute Gasteiger partial charge is 0.313 e. The van der Waals surface area contributed by atoms with E-state index in [1.807, 2.05) is 17.8 Å². The molecule has 0 fully saturated rings. The van der Waals surface area contributed by atoms with Crippen LogP contribution in [0.25, 0.3) is 10.2 Å². The summed E-state index contributed by atoms with van der Waals surface area (Å²) in [5.41, 5.74) is 1.12. The normalized spacial score (nSPS) is 14.8. The lowest BCUT2D eigenvalue weighted by Crippen LogP contribution is -2.34. The predicted molar refractivity (Wildman–Crippen MR) is 82.7 cm³/mol. The Labute approximate surface area is 117 Å². The number of benzene rings is 1. The molecule has 0 radical (unpaired) electrons. The summed E-state index contributed by atoms with van der Waals surface area (Å²) < 4.78 is 2.45. The van der Waals surface area contributed by atoms with Crippen LogP contribution in [0.5, 0.6) is 0 Å². The van der Waals surface area contributed by atoms with Gasteiger partial charge in [-0.1, -0.05) is 37.7 Å². The van der Waals surface area contributed by atoms with Gasteiger partial charge < -0.3 is 5.32 Å². The minimum atomic E-state index is 0.516. The Kier molecular flexibility index (Phi) is 5.03. The summed E-state index contributed by atoms with van der Waals surface area (Å²) >= 11 is 3.66. The molecule has 0 amide bonds. The van der Waals surface area contributed by atoms with E-state index in [0.717, 1.165) is 12.1 Å². The van der Waals surface area contributed by atoms with Crippen molar-refractivity contribution in [3.63, 3.8) is 0 Å². The molecule has 4 heteroatoms. The summed E-state index contributed by atoms with van der Waals surface area (Å²) in [4.78, 5) is 4.67. The molecule has 2 atom stereocenters. The van der Waals surface area contributed by atoms with E-state index in [-0.39, 0.29) is 0 Å². The van der Waals surface area contributed by atoms with Crippen LogP contribution in [0.3, 0.4) is 0 Å². The molecule has 0 saturated heterocycles. The molecule has 1 aromatic heterocycles. The van der Waals surface area contributed by atoms with Crippen molar-refractivity contribution in [2.75, 3.05) is 6.54 Å². The number of hydrogen-bond acceptors (Lipinski definition) is 4. The highest BCUT2D eigenvalue weighted by Gasteiger charge is 2.15. The van der Waals surface area contributed by atoms with Gasteiger partial charge in [0.2, 0.25) is 0 Å². The third kappa shape index (κ3) is 3.46. The Morgan fingerprint density at radius 2 is 2.11 bits per heavy atom. The van der Waals surface area contributed by atoms with E-state index in [0.29, 0.717) is 11.3 Å². The average molecular weight is 280 g/mol. The average Bonchev–Trinajstić information content (AvgIpc) is 2.77. The van der Waals surface area contributed by atoms with Crippen molar-refractivity contribution in [3.8, 4) is 0 Å². The molecule has 0 saturated carbocycles. The molecule has 2 aromatic rings. The van der Waals surface area contributed by atoms with Gasteiger partial charge in [-0.15, -0.1) is 11.3 Å². The van der Waals surface area contributed by atoms with Gasteiger partial charge in [-0.25, -0.2) is 4.98 Å². The molecule has 2 nitrogen and oxygen atoms in total. The first-order chi connectivity index (χ1) is 8.70. The fourth-order valence-electron chi connectivity index (χ4n) is 1.70. The first-order valence-corrected chi connectivity index (χ1v) is 8.16. The molecule has 1 heterocycles. The highest BCUT2D eigenvalue weighted by atomic mass is 32.2. The van der Waals surface area contributed by atoms with Crippen LogP contribution in [0.15, 0.2) is 28.6 Å². The standard InChI is InChI=1S/C14H20N2S2/c1-4-9-15-10(2)11(3)17-14-16-12-7-5-6-8-13(12)18-14/h5-8,10-11,15H,4,9H2,1-3H3. The smallest absolute Gasteiger partial charge is 0.151 e. The van der Waals surface area contributed by atoms with Crippen molar-refractivity contribution >= 4 is 33.3 Å². The Hall–Kier alpha value is -0.580. The number of thiazole rings is 1. The fourth-order valence-corrected chi connectivity index (χ4v) is 4.08. The van der Waals surface area contributed by atoms with Gasteiger partial charge in [0.05, 0.1) is 10.2 Å². The molecular weight excluding hydrogens is 260 g/mol. The molecule has 0 aliphatic carbocycles. The lowest BCUT2D eigenvalue weighted by Gasteiger charge is -2.19. The SMILES string of the molecule is CCCNC(C)C(C)Sc1nc2ccccc2s1. The highest BCUT2D eigenvalue weighted by molar-refractivity contribution is 8.01. The molecular formula is C14H20N2S2. The number of rotatable bonds is 6. The monoisotopic (exact) mass is 280 g/mol. The number of hydrogen-bond donors (Lipinski definition) is 1. The lowest BCUT2D eigenvalue weighted by atomic mass is 10.2. The fraction of sp³-hybridized carbons (Fsp3) is 0.500. The Balaban J connectivity index is 1.99. The number of nitrogens with one attached hydrogen (secondary N) is 1. The van der Waals surface area contributed by atoms with E-state index in [2.05, 4.69) is 49.3 Å². The van der Waals surface area contributed by atoms with Crippen molar-refractivity contribution in [2.45, 2.75) is 42.8 Å². The quantitative estimate of drug-likeness (QED) is 0.804. The number of fused-ring (bicyclic) bond motifs is 1. The minimum absolute atomic E-state index is 0.516. The number of para-hydroxylation sites is 1. The van der Waals surface area contributed by atoms with Crippen molar-refractivity contribution in [1.29, 1.82) is 0 Å². The van der Waals surface area contributed by atoms with E-state index in [4.69, 9.17) is 0 Å². The van der Waals surface area contributed by atoms with Gasteiger partial charge in [0, 0.05) is 11.3 Å². The van der Waals surface area contributed by atoms with E-state index in [9.17, 15) is 0 Å². The van der Waals surface area contributed by atoms with Gasteiger partial charge in [0.25, 0.3) is 0 Å². The summed E-state index contributed by atoms with van der Waals surface area (Å²) in [5.74, 6) is 0. The molecule has 0 bridgehead atoms. The first-order valence-electron chi connectivity index (χ1n) is 6.46. The zero-order chi connectivity index (χ0) is 13.0. The summed E-state index contributed by atoms with van der Waals surface area (Å²) in [6.07, 6.45) is 1.18. The summed E-state index contributed by atoms with van der Waals surface area (Å²) in [6, 6.07) is 8.86. The van der Waals surface area contributed by atoms with Gasteiger partial charge >= 0.3 is 0 Å². The second kappa shape index (κ2) is 6.55. The third-order valence-corrected chi connectivity index (χ3v) is 5.42. The number of nitrogens with zero attached hydrogens (tertiary/aromatic N) is 1. The van der Waals surface area contributed by atoms with Crippen LogP contribution < -0.4 is 5.32 Å². The van der Waals surface area contributed by atoms with Crippen LogP contribution in [0.4, 0.5) is 0 Å². The molecule has 1 aromatic carbocycles. The van der Waals surface area contributed by atoms with E-state index < -0.39 is 0 Å². The van der Waals surface area contributed by atoms with Crippen molar-refractivity contribution in [3.05, 3.63) is 24.3 Å². The van der Waals surface area contributed by atoms with Crippen LogP contribution in [0, 0.1) is 0 Å². The third-order valence-electron chi connectivity index (χ3n) is 2.98. The molecule has 2 unspecified atom stereocenters. The second-order valence-electron chi connectivity index (χ2n) is 4.51. The van der Waals surface area contributed by atoms with Gasteiger partial charge in [-0.05, 0) is 32.0 Å². The van der Waals surface area contributed by atoms with Gasteiger partial charge in [0.1, 0.15) is 0 Å². The highest BCUT2D eigenvalue weighted by Crippen LogP contribution is 2.32. The topological polar surface area (TPSA) is 24.9 Å². The predicted octanol–water partition coefficient (Wildman–Crippen LogP) is 4.17. The second-order valence-corrected chi connectivity index (χ2v) is 7.17. The maximum atomic E-state index is 4.67. The number of thioether (sulfide) groups is 1. The maximum Gasteiger partial charge on any atom is 0.151 e. The summed E-state index contributed by atoms with van der Waals surface area (Å²) in [5, 5.41) is 4.08. The molecule has 0 spiro atoms. The summed E-state index contributed by atoms with van der Waals surface area (Å²) in [6.45, 7) is 7.81. The maximum absolute atomic E-state index is 4.67. The Bertz CT molecular complexity index is 462. The summed E-state index contributed by atoms with van der Waals surface area (Å²) in [7, 11) is 0.